The molecule has 1 unspecified atom stereocenters. The zero-order valence-electron chi connectivity index (χ0n) is 18.9. The monoisotopic (exact) mass is 505 g/mol. The Morgan fingerprint density at radius 2 is 1.80 bits per heavy atom. The SMILES string of the molecule is CCN1CCN(CC(=O)NC2(c3ccc(Cl)cc3)C(=O)Nc3cc(C#N)cc(C(F)(F)F)c32)CC1. The van der Waals surface area contributed by atoms with Crippen LogP contribution in [0.5, 0.6) is 0 Å². The fraction of sp³-hybridized carbons (Fsp3) is 0.375. The van der Waals surface area contributed by atoms with Gasteiger partial charge in [-0.3, -0.25) is 14.5 Å². The first-order valence-electron chi connectivity index (χ1n) is 11.1. The van der Waals surface area contributed by atoms with Crippen molar-refractivity contribution in [3.05, 3.63) is 63.7 Å². The molecule has 2 aliphatic rings. The Kier molecular flexibility index (Phi) is 6.77. The minimum absolute atomic E-state index is 0.0763. The number of rotatable bonds is 5. The summed E-state index contributed by atoms with van der Waals surface area (Å²) in [6.07, 6.45) is -4.89. The van der Waals surface area contributed by atoms with Crippen LogP contribution in [0.1, 0.15) is 29.2 Å². The fourth-order valence-electron chi connectivity index (χ4n) is 4.64. The first-order valence-corrected chi connectivity index (χ1v) is 11.4. The Morgan fingerprint density at radius 1 is 1.17 bits per heavy atom. The van der Waals surface area contributed by atoms with Gasteiger partial charge in [0, 0.05) is 42.5 Å². The summed E-state index contributed by atoms with van der Waals surface area (Å²) >= 11 is 5.99. The van der Waals surface area contributed by atoms with Crippen molar-refractivity contribution in [3.63, 3.8) is 0 Å². The minimum atomic E-state index is -4.89. The number of benzene rings is 2. The quantitative estimate of drug-likeness (QED) is 0.651. The summed E-state index contributed by atoms with van der Waals surface area (Å²) in [7, 11) is 0. The molecule has 2 heterocycles. The largest absolute Gasteiger partial charge is 0.416 e. The van der Waals surface area contributed by atoms with E-state index in [0.29, 0.717) is 24.2 Å². The van der Waals surface area contributed by atoms with Crippen molar-refractivity contribution in [1.29, 1.82) is 5.26 Å². The molecule has 0 aromatic heterocycles. The second-order valence-electron chi connectivity index (χ2n) is 8.53. The molecule has 1 saturated heterocycles. The normalized spacial score (nSPS) is 20.7. The van der Waals surface area contributed by atoms with E-state index in [1.54, 1.807) is 6.07 Å². The second kappa shape index (κ2) is 9.49. The highest BCUT2D eigenvalue weighted by Gasteiger charge is 2.54. The fourth-order valence-corrected chi connectivity index (χ4v) is 4.77. The van der Waals surface area contributed by atoms with Crippen molar-refractivity contribution in [3.8, 4) is 6.07 Å². The lowest BCUT2D eigenvalue weighted by Crippen LogP contribution is -2.56. The number of nitrogens with zero attached hydrogens (tertiary/aromatic N) is 3. The maximum absolute atomic E-state index is 14.2. The van der Waals surface area contributed by atoms with Crippen molar-refractivity contribution in [2.24, 2.45) is 0 Å². The summed E-state index contributed by atoms with van der Waals surface area (Å²) in [5.74, 6) is -1.44. The van der Waals surface area contributed by atoms with Gasteiger partial charge >= 0.3 is 6.18 Å². The molecule has 4 rings (SSSR count). The van der Waals surface area contributed by atoms with E-state index in [9.17, 15) is 28.0 Å². The summed E-state index contributed by atoms with van der Waals surface area (Å²) in [6.45, 7) is 5.64. The number of nitriles is 1. The van der Waals surface area contributed by atoms with Crippen molar-refractivity contribution in [2.75, 3.05) is 44.6 Å². The Labute approximate surface area is 205 Å². The van der Waals surface area contributed by atoms with Gasteiger partial charge in [-0.15, -0.1) is 0 Å². The van der Waals surface area contributed by atoms with Crippen LogP contribution in [-0.2, 0) is 21.3 Å². The van der Waals surface area contributed by atoms with Gasteiger partial charge in [0.15, 0.2) is 5.54 Å². The number of anilines is 1. The van der Waals surface area contributed by atoms with Gasteiger partial charge in [0.25, 0.3) is 5.91 Å². The summed E-state index contributed by atoms with van der Waals surface area (Å²) < 4.78 is 42.6. The zero-order chi connectivity index (χ0) is 25.4. The highest BCUT2D eigenvalue weighted by molar-refractivity contribution is 6.30. The van der Waals surface area contributed by atoms with Gasteiger partial charge in [0.05, 0.1) is 23.7 Å². The molecule has 1 atom stereocenters. The Bertz CT molecular complexity index is 1190. The molecule has 35 heavy (non-hydrogen) atoms. The number of fused-ring (bicyclic) bond motifs is 1. The molecule has 2 aromatic carbocycles. The Balaban J connectivity index is 1.80. The van der Waals surface area contributed by atoms with E-state index in [2.05, 4.69) is 15.5 Å². The van der Waals surface area contributed by atoms with E-state index in [1.807, 2.05) is 11.8 Å². The van der Waals surface area contributed by atoms with Crippen LogP contribution in [0, 0.1) is 11.3 Å². The molecular weight excluding hydrogens is 483 g/mol. The average molecular weight is 506 g/mol. The molecule has 1 fully saturated rings. The van der Waals surface area contributed by atoms with Crippen LogP contribution in [0.25, 0.3) is 0 Å². The molecule has 2 N–H and O–H groups in total. The van der Waals surface area contributed by atoms with E-state index in [-0.39, 0.29) is 23.4 Å². The van der Waals surface area contributed by atoms with Crippen LogP contribution in [0.4, 0.5) is 18.9 Å². The number of hydrogen-bond acceptors (Lipinski definition) is 5. The number of carbonyl (C=O) groups is 2. The number of piperazine rings is 1. The maximum atomic E-state index is 14.2. The Morgan fingerprint density at radius 3 is 2.37 bits per heavy atom. The highest BCUT2D eigenvalue weighted by Crippen LogP contribution is 2.48. The first kappa shape index (κ1) is 25.0. The first-order chi connectivity index (χ1) is 16.6. The molecule has 184 valence electrons. The van der Waals surface area contributed by atoms with Gasteiger partial charge in [0.2, 0.25) is 5.91 Å². The topological polar surface area (TPSA) is 88.5 Å². The number of alkyl halides is 3. The minimum Gasteiger partial charge on any atom is -0.333 e. The van der Waals surface area contributed by atoms with Gasteiger partial charge in [-0.1, -0.05) is 30.7 Å². The van der Waals surface area contributed by atoms with E-state index in [1.165, 1.54) is 30.3 Å². The molecule has 0 aliphatic carbocycles. The molecular formula is C24H23ClF3N5O2. The van der Waals surface area contributed by atoms with Crippen molar-refractivity contribution in [1.82, 2.24) is 15.1 Å². The van der Waals surface area contributed by atoms with Gasteiger partial charge in [-0.25, -0.2) is 0 Å². The van der Waals surface area contributed by atoms with Crippen LogP contribution in [0.2, 0.25) is 5.02 Å². The Hall–Kier alpha value is -3.13. The van der Waals surface area contributed by atoms with E-state index in [0.717, 1.165) is 19.6 Å². The van der Waals surface area contributed by atoms with E-state index >= 15 is 0 Å². The van der Waals surface area contributed by atoms with Crippen LogP contribution in [-0.4, -0.2) is 60.9 Å². The number of halogens is 4. The van der Waals surface area contributed by atoms with Crippen LogP contribution >= 0.6 is 11.6 Å². The van der Waals surface area contributed by atoms with Crippen molar-refractivity contribution < 1.29 is 22.8 Å². The number of nitrogens with one attached hydrogen (secondary N) is 2. The summed E-state index contributed by atoms with van der Waals surface area (Å²) in [4.78, 5) is 30.7. The third kappa shape index (κ3) is 4.72. The molecule has 2 aromatic rings. The van der Waals surface area contributed by atoms with Gasteiger partial charge in [-0.2, -0.15) is 18.4 Å². The number of likely N-dealkylation sites (N-methyl/N-ethyl adjacent to an activating group) is 1. The van der Waals surface area contributed by atoms with Crippen LogP contribution in [0.15, 0.2) is 36.4 Å². The van der Waals surface area contributed by atoms with Gasteiger partial charge in [0.1, 0.15) is 0 Å². The second-order valence-corrected chi connectivity index (χ2v) is 8.96. The van der Waals surface area contributed by atoms with Crippen molar-refractivity contribution in [2.45, 2.75) is 18.6 Å². The molecule has 0 saturated carbocycles. The standard InChI is InChI=1S/C24H23ClF3N5O2/c1-2-32-7-9-33(10-8-32)14-20(34)31-23(16-3-5-17(25)6-4-16)21-18(24(26,27)28)11-15(13-29)12-19(21)30-22(23)35/h3-6,11-12H,2,7-10,14H2,1H3,(H,30,35)(H,31,34). The smallest absolute Gasteiger partial charge is 0.333 e. The molecule has 0 radical (unpaired) electrons. The summed E-state index contributed by atoms with van der Waals surface area (Å²) in [5.41, 5.74) is -4.08. The van der Waals surface area contributed by atoms with Gasteiger partial charge < -0.3 is 15.5 Å². The maximum Gasteiger partial charge on any atom is 0.416 e. The lowest BCUT2D eigenvalue weighted by atomic mass is 9.80. The summed E-state index contributed by atoms with van der Waals surface area (Å²) in [6, 6.07) is 9.27. The van der Waals surface area contributed by atoms with Crippen molar-refractivity contribution >= 4 is 29.1 Å². The molecule has 2 aliphatic heterocycles. The van der Waals surface area contributed by atoms with E-state index in [4.69, 9.17) is 11.6 Å². The van der Waals surface area contributed by atoms with Crippen LogP contribution in [0.3, 0.4) is 0 Å². The van der Waals surface area contributed by atoms with E-state index < -0.39 is 34.7 Å². The molecule has 0 spiro atoms. The molecule has 11 heteroatoms. The summed E-state index contributed by atoms with van der Waals surface area (Å²) in [5, 5.41) is 14.6. The molecule has 0 bridgehead atoms. The lowest BCUT2D eigenvalue weighted by molar-refractivity contribution is -0.140. The lowest BCUT2D eigenvalue weighted by Gasteiger charge is -2.35. The number of amides is 2. The molecule has 2 amide bonds. The third-order valence-corrected chi connectivity index (χ3v) is 6.67. The van der Waals surface area contributed by atoms with Gasteiger partial charge in [-0.05, 0) is 36.4 Å². The predicted molar refractivity (Wildman–Crippen MR) is 124 cm³/mol. The third-order valence-electron chi connectivity index (χ3n) is 6.42. The highest BCUT2D eigenvalue weighted by atomic mass is 35.5. The molecule has 7 nitrogen and oxygen atoms in total. The average Bonchev–Trinajstić information content (AvgIpc) is 3.10. The predicted octanol–water partition coefficient (Wildman–Crippen LogP) is 3.18. The number of carbonyl (C=O) groups excluding carboxylic acids is 2. The van der Waals surface area contributed by atoms with Crippen LogP contribution < -0.4 is 10.6 Å². The number of hydrogen-bond donors (Lipinski definition) is 2. The zero-order valence-corrected chi connectivity index (χ0v) is 19.6.